The van der Waals surface area contributed by atoms with Crippen LogP contribution in [0.2, 0.25) is 0 Å². The van der Waals surface area contributed by atoms with Crippen molar-refractivity contribution >= 4 is 24.1 Å². The molecule has 10 heteroatoms. The van der Waals surface area contributed by atoms with Crippen molar-refractivity contribution in [1.82, 2.24) is 4.90 Å². The molecule has 0 aromatic heterocycles. The molecule has 0 saturated heterocycles. The SMILES string of the molecule is CCCCCCCCCCCCC(CCC(=O)OC(COC(=O)CCCCCCCCCCC)COC(=O)CCCCCCCCCCC)OC(=O)OCCCN(C)C. The maximum absolute atomic E-state index is 13.2. The Morgan fingerprint density at radius 2 is 0.780 bits per heavy atom. The Morgan fingerprint density at radius 3 is 1.19 bits per heavy atom. The summed E-state index contributed by atoms with van der Waals surface area (Å²) in [5.41, 5.74) is 0. The maximum atomic E-state index is 13.2. The van der Waals surface area contributed by atoms with E-state index in [2.05, 4.69) is 20.8 Å². The van der Waals surface area contributed by atoms with Crippen LogP contribution >= 0.6 is 0 Å². The van der Waals surface area contributed by atoms with E-state index in [4.69, 9.17) is 23.7 Å². The van der Waals surface area contributed by atoms with Gasteiger partial charge in [-0.15, -0.1) is 0 Å². The van der Waals surface area contributed by atoms with Crippen molar-refractivity contribution in [2.75, 3.05) is 40.5 Å². The summed E-state index contributed by atoms with van der Waals surface area (Å²) in [6, 6.07) is 0. The summed E-state index contributed by atoms with van der Waals surface area (Å²) in [5, 5.41) is 0. The number of carbonyl (C=O) groups excluding carboxylic acids is 4. The zero-order valence-electron chi connectivity index (χ0n) is 39.1. The van der Waals surface area contributed by atoms with Crippen LogP contribution in [0.15, 0.2) is 0 Å². The molecule has 0 rings (SSSR count). The standard InChI is InChI=1S/C49H93NO9/c1-6-9-12-15-18-21-24-25-28-31-35-44(59-49(54)55-41-34-40-50(4)5)38-39-48(53)58-45(42-56-46(51)36-32-29-26-22-19-16-13-10-7-2)43-57-47(52)37-33-30-27-23-20-17-14-11-8-3/h44-45H,6-43H2,1-5H3. The molecule has 0 aromatic rings. The van der Waals surface area contributed by atoms with Crippen molar-refractivity contribution in [3.63, 3.8) is 0 Å². The number of ether oxygens (including phenoxy) is 5. The second-order valence-corrected chi connectivity index (χ2v) is 17.1. The smallest absolute Gasteiger partial charge is 0.462 e. The molecule has 348 valence electrons. The van der Waals surface area contributed by atoms with Gasteiger partial charge in [0.25, 0.3) is 0 Å². The lowest BCUT2D eigenvalue weighted by atomic mass is 10.0. The first-order valence-corrected chi connectivity index (χ1v) is 24.7. The first-order valence-electron chi connectivity index (χ1n) is 24.7. The zero-order chi connectivity index (χ0) is 43.4. The van der Waals surface area contributed by atoms with Crippen LogP contribution in [0.5, 0.6) is 0 Å². The molecular formula is C49H93NO9. The number of carbonyl (C=O) groups is 4. The van der Waals surface area contributed by atoms with E-state index in [-0.39, 0.29) is 44.6 Å². The first kappa shape index (κ1) is 56.6. The second kappa shape index (κ2) is 43.7. The Kier molecular flexibility index (Phi) is 42.0. The normalized spacial score (nSPS) is 11.8. The third-order valence-corrected chi connectivity index (χ3v) is 10.9. The van der Waals surface area contributed by atoms with E-state index in [1.54, 1.807) is 0 Å². The summed E-state index contributed by atoms with van der Waals surface area (Å²) >= 11 is 0. The van der Waals surface area contributed by atoms with Crippen molar-refractivity contribution in [1.29, 1.82) is 0 Å². The van der Waals surface area contributed by atoms with Gasteiger partial charge in [-0.3, -0.25) is 14.4 Å². The van der Waals surface area contributed by atoms with E-state index in [9.17, 15) is 19.2 Å². The minimum Gasteiger partial charge on any atom is -0.462 e. The van der Waals surface area contributed by atoms with Crippen LogP contribution in [0.3, 0.4) is 0 Å². The van der Waals surface area contributed by atoms with Crippen LogP contribution in [0.25, 0.3) is 0 Å². The molecule has 1 atom stereocenters. The predicted octanol–water partition coefficient (Wildman–Crippen LogP) is 13.4. The average molecular weight is 840 g/mol. The molecule has 0 saturated carbocycles. The van der Waals surface area contributed by atoms with Crippen molar-refractivity contribution in [3.05, 3.63) is 0 Å². The van der Waals surface area contributed by atoms with Crippen LogP contribution in [0.4, 0.5) is 4.79 Å². The van der Waals surface area contributed by atoms with Gasteiger partial charge in [-0.1, -0.05) is 181 Å². The predicted molar refractivity (Wildman–Crippen MR) is 241 cm³/mol. The van der Waals surface area contributed by atoms with Gasteiger partial charge in [0, 0.05) is 25.8 Å². The monoisotopic (exact) mass is 840 g/mol. The largest absolute Gasteiger partial charge is 0.508 e. The first-order chi connectivity index (χ1) is 28.7. The molecule has 0 heterocycles. The Morgan fingerprint density at radius 1 is 0.390 bits per heavy atom. The number of unbranched alkanes of at least 4 members (excludes halogenated alkanes) is 25. The van der Waals surface area contributed by atoms with Gasteiger partial charge < -0.3 is 28.6 Å². The molecule has 59 heavy (non-hydrogen) atoms. The minimum atomic E-state index is -0.912. The fourth-order valence-corrected chi connectivity index (χ4v) is 7.14. The van der Waals surface area contributed by atoms with E-state index in [1.807, 2.05) is 19.0 Å². The molecule has 0 aliphatic heterocycles. The quantitative estimate of drug-likeness (QED) is 0.0333. The average Bonchev–Trinajstić information content (AvgIpc) is 3.21. The fraction of sp³-hybridized carbons (Fsp3) is 0.918. The van der Waals surface area contributed by atoms with E-state index in [1.165, 1.54) is 122 Å². The lowest BCUT2D eigenvalue weighted by Crippen LogP contribution is -2.31. The Bertz CT molecular complexity index is 937. The van der Waals surface area contributed by atoms with Gasteiger partial charge in [-0.05, 0) is 52.6 Å². The van der Waals surface area contributed by atoms with Gasteiger partial charge in [0.05, 0.1) is 6.61 Å². The highest BCUT2D eigenvalue weighted by atomic mass is 16.7. The molecular weight excluding hydrogens is 747 g/mol. The summed E-state index contributed by atoms with van der Waals surface area (Å²) in [6.45, 7) is 7.39. The van der Waals surface area contributed by atoms with Gasteiger partial charge in [-0.2, -0.15) is 0 Å². The third-order valence-electron chi connectivity index (χ3n) is 10.9. The summed E-state index contributed by atoms with van der Waals surface area (Å²) in [6.07, 6.45) is 32.8. The van der Waals surface area contributed by atoms with Crippen molar-refractivity contribution < 1.29 is 42.9 Å². The number of hydrogen-bond donors (Lipinski definition) is 0. The molecule has 0 radical (unpaired) electrons. The van der Waals surface area contributed by atoms with Crippen LogP contribution in [-0.2, 0) is 38.1 Å². The highest BCUT2D eigenvalue weighted by Gasteiger charge is 2.22. The second-order valence-electron chi connectivity index (χ2n) is 17.1. The molecule has 0 spiro atoms. The molecule has 0 aliphatic rings. The van der Waals surface area contributed by atoms with Gasteiger partial charge >= 0.3 is 24.1 Å². The molecule has 0 aromatic carbocycles. The van der Waals surface area contributed by atoms with Crippen molar-refractivity contribution in [3.8, 4) is 0 Å². The number of rotatable bonds is 44. The van der Waals surface area contributed by atoms with Crippen LogP contribution in [-0.4, -0.2) is 81.6 Å². The number of nitrogens with zero attached hydrogens (tertiary/aromatic N) is 1. The number of hydrogen-bond acceptors (Lipinski definition) is 10. The minimum absolute atomic E-state index is 0.00557. The van der Waals surface area contributed by atoms with Gasteiger partial charge in [0.1, 0.15) is 19.3 Å². The van der Waals surface area contributed by atoms with Crippen molar-refractivity contribution in [2.45, 2.75) is 251 Å². The molecule has 10 nitrogen and oxygen atoms in total. The molecule has 0 N–H and O–H groups in total. The topological polar surface area (TPSA) is 118 Å². The lowest BCUT2D eigenvalue weighted by molar-refractivity contribution is -0.167. The molecule has 0 aliphatic carbocycles. The summed E-state index contributed by atoms with van der Waals surface area (Å²) in [4.78, 5) is 53.0. The molecule has 0 bridgehead atoms. The summed E-state index contributed by atoms with van der Waals surface area (Å²) in [5.74, 6) is -1.20. The molecule has 0 fully saturated rings. The third kappa shape index (κ3) is 42.1. The zero-order valence-corrected chi connectivity index (χ0v) is 39.1. The summed E-state index contributed by atoms with van der Waals surface area (Å²) in [7, 11) is 3.94. The van der Waals surface area contributed by atoms with E-state index >= 15 is 0 Å². The van der Waals surface area contributed by atoms with E-state index in [0.717, 1.165) is 64.3 Å². The highest BCUT2D eigenvalue weighted by Crippen LogP contribution is 2.18. The van der Waals surface area contributed by atoms with Gasteiger partial charge in [-0.25, -0.2) is 4.79 Å². The van der Waals surface area contributed by atoms with Crippen LogP contribution in [0.1, 0.15) is 239 Å². The Balaban J connectivity index is 5.06. The lowest BCUT2D eigenvalue weighted by Gasteiger charge is -2.20. The molecule has 1 unspecified atom stereocenters. The molecule has 0 amide bonds. The Labute approximate surface area is 362 Å². The Hall–Kier alpha value is -2.36. The van der Waals surface area contributed by atoms with Crippen molar-refractivity contribution in [2.24, 2.45) is 0 Å². The van der Waals surface area contributed by atoms with Crippen LogP contribution < -0.4 is 0 Å². The van der Waals surface area contributed by atoms with E-state index in [0.29, 0.717) is 25.7 Å². The van der Waals surface area contributed by atoms with E-state index < -0.39 is 24.3 Å². The van der Waals surface area contributed by atoms with Gasteiger partial charge in [0.2, 0.25) is 0 Å². The summed E-state index contributed by atoms with van der Waals surface area (Å²) < 4.78 is 27.8. The van der Waals surface area contributed by atoms with Gasteiger partial charge in [0.15, 0.2) is 6.10 Å². The fourth-order valence-electron chi connectivity index (χ4n) is 7.14. The maximum Gasteiger partial charge on any atom is 0.508 e. The number of esters is 3. The van der Waals surface area contributed by atoms with Crippen LogP contribution in [0, 0.1) is 0 Å². The highest BCUT2D eigenvalue weighted by molar-refractivity contribution is 5.71.